The zero-order chi connectivity index (χ0) is 24.2. The molecule has 0 radical (unpaired) electrons. The molecule has 33 heavy (non-hydrogen) atoms. The van der Waals surface area contributed by atoms with Gasteiger partial charge in [0.1, 0.15) is 5.69 Å². The number of aliphatic carboxylic acids is 1. The first-order chi connectivity index (χ1) is 15.4. The van der Waals surface area contributed by atoms with Crippen LogP contribution in [0, 0.1) is 6.92 Å². The number of sulfonamides is 1. The number of nitrogens with zero attached hydrogens (tertiary/aromatic N) is 2. The Labute approximate surface area is 187 Å². The molecule has 0 fully saturated rings. The minimum atomic E-state index is -4.68. The Kier molecular flexibility index (Phi) is 6.98. The Balaban J connectivity index is 2.03. The molecular formula is C21H19F3N4O4S. The minimum Gasteiger partial charge on any atom is -0.481 e. The van der Waals surface area contributed by atoms with Gasteiger partial charge in [0.15, 0.2) is 0 Å². The first-order valence-corrected chi connectivity index (χ1v) is 11.0. The molecule has 0 spiro atoms. The molecule has 174 valence electrons. The first-order valence-electron chi connectivity index (χ1n) is 9.55. The summed E-state index contributed by atoms with van der Waals surface area (Å²) in [5.41, 5.74) is 1.03. The van der Waals surface area contributed by atoms with E-state index in [4.69, 9.17) is 5.11 Å². The standard InChI is InChI=1S/C21H19F3N4O4S/c1-13-3-2-4-14(9-13)15-10-16(27-20-25-7-5-18(28-20)21(22,23)24)12-17(11-15)33(31,32)26-8-6-19(29)30/h2-5,7,9-12,26H,6,8H2,1H3,(H,29,30)(H,25,27,28). The van der Waals surface area contributed by atoms with Crippen molar-refractivity contribution in [2.75, 3.05) is 11.9 Å². The van der Waals surface area contributed by atoms with E-state index in [-0.39, 0.29) is 23.1 Å². The molecule has 0 aliphatic heterocycles. The van der Waals surface area contributed by atoms with Gasteiger partial charge in [-0.3, -0.25) is 4.79 Å². The monoisotopic (exact) mass is 480 g/mol. The highest BCUT2D eigenvalue weighted by atomic mass is 32.2. The highest BCUT2D eigenvalue weighted by molar-refractivity contribution is 7.89. The van der Waals surface area contributed by atoms with Gasteiger partial charge in [-0.05, 0) is 42.3 Å². The van der Waals surface area contributed by atoms with Crippen LogP contribution in [0.1, 0.15) is 17.7 Å². The fourth-order valence-corrected chi connectivity index (χ4v) is 4.00. The van der Waals surface area contributed by atoms with Crippen LogP contribution in [0.2, 0.25) is 0 Å². The fraction of sp³-hybridized carbons (Fsp3) is 0.190. The summed E-state index contributed by atoms with van der Waals surface area (Å²) in [4.78, 5) is 17.7. The predicted molar refractivity (Wildman–Crippen MR) is 114 cm³/mol. The van der Waals surface area contributed by atoms with Gasteiger partial charge in [0.25, 0.3) is 0 Å². The number of alkyl halides is 3. The number of benzene rings is 2. The molecule has 0 saturated heterocycles. The molecule has 2 aromatic carbocycles. The van der Waals surface area contributed by atoms with Gasteiger partial charge < -0.3 is 10.4 Å². The molecule has 12 heteroatoms. The van der Waals surface area contributed by atoms with Crippen LogP contribution in [0.4, 0.5) is 24.8 Å². The summed E-state index contributed by atoms with van der Waals surface area (Å²) in [6, 6.07) is 12.1. The molecular weight excluding hydrogens is 461 g/mol. The number of rotatable bonds is 8. The van der Waals surface area contributed by atoms with E-state index in [0.717, 1.165) is 17.8 Å². The Morgan fingerprint density at radius 1 is 1.09 bits per heavy atom. The van der Waals surface area contributed by atoms with Gasteiger partial charge in [-0.2, -0.15) is 13.2 Å². The number of carbonyl (C=O) groups is 1. The molecule has 0 amide bonds. The number of hydrogen-bond donors (Lipinski definition) is 3. The smallest absolute Gasteiger partial charge is 0.433 e. The third-order valence-corrected chi connectivity index (χ3v) is 5.84. The van der Waals surface area contributed by atoms with Gasteiger partial charge >= 0.3 is 12.1 Å². The molecule has 1 aromatic heterocycles. The molecule has 0 saturated carbocycles. The molecule has 3 N–H and O–H groups in total. The van der Waals surface area contributed by atoms with E-state index in [1.807, 2.05) is 19.1 Å². The summed E-state index contributed by atoms with van der Waals surface area (Å²) in [6.45, 7) is 1.53. The van der Waals surface area contributed by atoms with Gasteiger partial charge in [-0.15, -0.1) is 0 Å². The third-order valence-electron chi connectivity index (χ3n) is 4.40. The first kappa shape index (κ1) is 24.1. The van der Waals surface area contributed by atoms with Crippen molar-refractivity contribution in [1.29, 1.82) is 0 Å². The third kappa shape index (κ3) is 6.49. The second-order valence-electron chi connectivity index (χ2n) is 7.05. The van der Waals surface area contributed by atoms with E-state index < -0.39 is 34.3 Å². The van der Waals surface area contributed by atoms with Crippen molar-refractivity contribution in [3.63, 3.8) is 0 Å². The molecule has 0 unspecified atom stereocenters. The summed E-state index contributed by atoms with van der Waals surface area (Å²) in [6.07, 6.45) is -4.15. The lowest BCUT2D eigenvalue weighted by molar-refractivity contribution is -0.141. The number of halogens is 3. The molecule has 3 rings (SSSR count). The van der Waals surface area contributed by atoms with E-state index >= 15 is 0 Å². The Morgan fingerprint density at radius 3 is 2.52 bits per heavy atom. The highest BCUT2D eigenvalue weighted by Gasteiger charge is 2.32. The zero-order valence-electron chi connectivity index (χ0n) is 17.2. The molecule has 8 nitrogen and oxygen atoms in total. The minimum absolute atomic E-state index is 0.131. The number of nitrogens with one attached hydrogen (secondary N) is 2. The maximum absolute atomic E-state index is 13.0. The Morgan fingerprint density at radius 2 is 1.85 bits per heavy atom. The van der Waals surface area contributed by atoms with Crippen LogP contribution in [0.25, 0.3) is 11.1 Å². The van der Waals surface area contributed by atoms with Crippen LogP contribution in [0.3, 0.4) is 0 Å². The average Bonchev–Trinajstić information content (AvgIpc) is 2.73. The molecule has 0 aliphatic carbocycles. The molecule has 0 atom stereocenters. The summed E-state index contributed by atoms with van der Waals surface area (Å²) in [5.74, 6) is -1.54. The van der Waals surface area contributed by atoms with Crippen LogP contribution < -0.4 is 10.0 Å². The zero-order valence-corrected chi connectivity index (χ0v) is 18.0. The SMILES string of the molecule is Cc1cccc(-c2cc(Nc3nccc(C(F)(F)F)n3)cc(S(=O)(=O)NCCC(=O)O)c2)c1. The normalized spacial score (nSPS) is 11.9. The van der Waals surface area contributed by atoms with Crippen LogP contribution in [-0.4, -0.2) is 36.0 Å². The van der Waals surface area contributed by atoms with E-state index in [2.05, 4.69) is 20.0 Å². The van der Waals surface area contributed by atoms with E-state index in [1.54, 1.807) is 18.2 Å². The molecule has 0 aliphatic rings. The van der Waals surface area contributed by atoms with Crippen molar-refractivity contribution in [3.05, 3.63) is 66.0 Å². The number of hydrogen-bond acceptors (Lipinski definition) is 6. The number of carboxylic acids is 1. The van der Waals surface area contributed by atoms with Crippen molar-refractivity contribution in [3.8, 4) is 11.1 Å². The summed E-state index contributed by atoms with van der Waals surface area (Å²) in [7, 11) is -4.12. The lowest BCUT2D eigenvalue weighted by Gasteiger charge is -2.13. The lowest BCUT2D eigenvalue weighted by atomic mass is 10.0. The van der Waals surface area contributed by atoms with Crippen molar-refractivity contribution in [1.82, 2.24) is 14.7 Å². The topological polar surface area (TPSA) is 121 Å². The summed E-state index contributed by atoms with van der Waals surface area (Å²) < 4.78 is 66.6. The van der Waals surface area contributed by atoms with E-state index in [0.29, 0.717) is 11.1 Å². The van der Waals surface area contributed by atoms with E-state index in [9.17, 15) is 26.4 Å². The van der Waals surface area contributed by atoms with E-state index in [1.165, 1.54) is 12.1 Å². The predicted octanol–water partition coefficient (Wildman–Crippen LogP) is 3.97. The molecule has 1 heterocycles. The number of anilines is 2. The Hall–Kier alpha value is -3.51. The van der Waals surface area contributed by atoms with Crippen LogP contribution in [0.15, 0.2) is 59.6 Å². The second kappa shape index (κ2) is 9.55. The molecule has 0 bridgehead atoms. The van der Waals surface area contributed by atoms with Gasteiger partial charge in [0.05, 0.1) is 11.3 Å². The summed E-state index contributed by atoms with van der Waals surface area (Å²) in [5, 5.41) is 11.4. The van der Waals surface area contributed by atoms with Gasteiger partial charge in [0.2, 0.25) is 16.0 Å². The number of aromatic nitrogens is 2. The number of carboxylic acid groups (broad SMARTS) is 1. The van der Waals surface area contributed by atoms with Crippen molar-refractivity contribution < 1.29 is 31.5 Å². The van der Waals surface area contributed by atoms with Crippen molar-refractivity contribution in [2.24, 2.45) is 0 Å². The maximum Gasteiger partial charge on any atom is 0.433 e. The fourth-order valence-electron chi connectivity index (χ4n) is 2.90. The maximum atomic E-state index is 13.0. The van der Waals surface area contributed by atoms with Crippen molar-refractivity contribution in [2.45, 2.75) is 24.4 Å². The van der Waals surface area contributed by atoms with Gasteiger partial charge in [-0.25, -0.2) is 23.1 Å². The molecule has 3 aromatic rings. The van der Waals surface area contributed by atoms with Gasteiger partial charge in [-0.1, -0.05) is 29.8 Å². The Bertz CT molecular complexity index is 1280. The quantitative estimate of drug-likeness (QED) is 0.446. The highest BCUT2D eigenvalue weighted by Crippen LogP contribution is 2.30. The second-order valence-corrected chi connectivity index (χ2v) is 8.81. The average molecular weight is 480 g/mol. The summed E-state index contributed by atoms with van der Waals surface area (Å²) >= 11 is 0. The van der Waals surface area contributed by atoms with Crippen LogP contribution in [0.5, 0.6) is 0 Å². The van der Waals surface area contributed by atoms with Crippen LogP contribution >= 0.6 is 0 Å². The van der Waals surface area contributed by atoms with Gasteiger partial charge in [0, 0.05) is 18.4 Å². The number of aryl methyl sites for hydroxylation is 1. The van der Waals surface area contributed by atoms with Crippen LogP contribution in [-0.2, 0) is 21.0 Å². The largest absolute Gasteiger partial charge is 0.481 e. The lowest BCUT2D eigenvalue weighted by Crippen LogP contribution is -2.26. The van der Waals surface area contributed by atoms with Crippen molar-refractivity contribution >= 4 is 27.6 Å².